The fourth-order valence-corrected chi connectivity index (χ4v) is 7.08. The molecule has 0 heterocycles. The van der Waals surface area contributed by atoms with Crippen LogP contribution in [-0.4, -0.2) is 46.1 Å². The van der Waals surface area contributed by atoms with Gasteiger partial charge in [0, 0.05) is 0 Å². The normalized spacial score (nSPS) is 13.8. The number of aliphatic hydroxyl groups is 3. The van der Waals surface area contributed by atoms with E-state index in [0.717, 1.165) is 38.5 Å². The Morgan fingerprint density at radius 2 is 0.811 bits per heavy atom. The molecule has 0 aromatic heterocycles. The van der Waals surface area contributed by atoms with Crippen LogP contribution in [-0.2, 0) is 4.79 Å². The van der Waals surface area contributed by atoms with Gasteiger partial charge in [0.25, 0.3) is 0 Å². The molecule has 0 rings (SSSR count). The minimum absolute atomic E-state index is 0.00509. The summed E-state index contributed by atoms with van der Waals surface area (Å²) in [5.41, 5.74) is 0. The zero-order valence-electron chi connectivity index (χ0n) is 35.4. The van der Waals surface area contributed by atoms with Crippen molar-refractivity contribution in [1.29, 1.82) is 0 Å². The fraction of sp³-hybridized carbons (Fsp3) is 0.854. The van der Waals surface area contributed by atoms with Gasteiger partial charge in [-0.2, -0.15) is 0 Å². The summed E-state index contributed by atoms with van der Waals surface area (Å²) in [4.78, 5) is 12.4. The Morgan fingerprint density at radius 1 is 0.472 bits per heavy atom. The van der Waals surface area contributed by atoms with Crippen molar-refractivity contribution in [2.24, 2.45) is 0 Å². The van der Waals surface area contributed by atoms with Crippen LogP contribution in [0.3, 0.4) is 0 Å². The van der Waals surface area contributed by atoms with Gasteiger partial charge >= 0.3 is 0 Å². The molecule has 5 heteroatoms. The van der Waals surface area contributed by atoms with E-state index >= 15 is 0 Å². The Labute approximate surface area is 330 Å². The molecule has 53 heavy (non-hydrogen) atoms. The van der Waals surface area contributed by atoms with Crippen LogP contribution in [0.25, 0.3) is 0 Å². The summed E-state index contributed by atoms with van der Waals surface area (Å²) < 4.78 is 0. The topological polar surface area (TPSA) is 89.8 Å². The lowest BCUT2D eigenvalue weighted by molar-refractivity contribution is -0.124. The van der Waals surface area contributed by atoms with E-state index in [2.05, 4.69) is 43.5 Å². The largest absolute Gasteiger partial charge is 0.394 e. The molecular formula is C48H91NO4. The molecule has 0 aromatic rings. The molecule has 3 atom stereocenters. The maximum absolute atomic E-state index is 12.4. The van der Waals surface area contributed by atoms with Gasteiger partial charge in [-0.25, -0.2) is 0 Å². The van der Waals surface area contributed by atoms with Crippen molar-refractivity contribution in [3.8, 4) is 0 Å². The Bertz CT molecular complexity index is 824. The maximum Gasteiger partial charge on any atom is 0.222 e. The Hall–Kier alpha value is -1.43. The summed E-state index contributed by atoms with van der Waals surface area (Å²) in [6.07, 6.45) is 54.4. The van der Waals surface area contributed by atoms with Gasteiger partial charge < -0.3 is 20.6 Å². The summed E-state index contributed by atoms with van der Waals surface area (Å²) in [6.45, 7) is 4.18. The predicted octanol–water partition coefficient (Wildman–Crippen LogP) is 13.5. The number of carbonyl (C=O) groups is 1. The van der Waals surface area contributed by atoms with Gasteiger partial charge in [-0.15, -0.1) is 0 Å². The average molecular weight is 746 g/mol. The first kappa shape index (κ1) is 51.6. The van der Waals surface area contributed by atoms with E-state index in [0.29, 0.717) is 6.42 Å². The van der Waals surface area contributed by atoms with E-state index in [9.17, 15) is 20.1 Å². The Morgan fingerprint density at radius 3 is 1.21 bits per heavy atom. The third kappa shape index (κ3) is 40.1. The van der Waals surface area contributed by atoms with Gasteiger partial charge in [0.2, 0.25) is 5.91 Å². The minimum Gasteiger partial charge on any atom is -0.394 e. The Balaban J connectivity index is 3.62. The van der Waals surface area contributed by atoms with Crippen LogP contribution >= 0.6 is 0 Å². The van der Waals surface area contributed by atoms with Crippen molar-refractivity contribution in [3.63, 3.8) is 0 Å². The highest BCUT2D eigenvalue weighted by atomic mass is 16.3. The highest BCUT2D eigenvalue weighted by Gasteiger charge is 2.20. The number of aliphatic hydroxyl groups excluding tert-OH is 3. The molecule has 0 bridgehead atoms. The second-order valence-electron chi connectivity index (χ2n) is 16.0. The molecule has 0 saturated heterocycles. The summed E-state index contributed by atoms with van der Waals surface area (Å²) in [7, 11) is 0. The highest BCUT2D eigenvalue weighted by Crippen LogP contribution is 2.16. The molecule has 3 unspecified atom stereocenters. The van der Waals surface area contributed by atoms with Gasteiger partial charge in [0.05, 0.1) is 31.3 Å². The summed E-state index contributed by atoms with van der Waals surface area (Å²) in [5.74, 6) is -0.328. The lowest BCUT2D eigenvalue weighted by atomic mass is 10.0. The van der Waals surface area contributed by atoms with Crippen LogP contribution in [0.15, 0.2) is 36.5 Å². The molecule has 0 spiro atoms. The first-order chi connectivity index (χ1) is 26.0. The summed E-state index contributed by atoms with van der Waals surface area (Å²) in [5, 5.41) is 33.2. The zero-order chi connectivity index (χ0) is 38.7. The van der Waals surface area contributed by atoms with E-state index in [-0.39, 0.29) is 18.9 Å². The van der Waals surface area contributed by atoms with Crippen molar-refractivity contribution in [1.82, 2.24) is 5.32 Å². The molecule has 0 fully saturated rings. The van der Waals surface area contributed by atoms with Crippen LogP contribution in [0.4, 0.5) is 0 Å². The smallest absolute Gasteiger partial charge is 0.222 e. The number of hydrogen-bond acceptors (Lipinski definition) is 4. The highest BCUT2D eigenvalue weighted by molar-refractivity contribution is 5.76. The van der Waals surface area contributed by atoms with Gasteiger partial charge in [-0.1, -0.05) is 224 Å². The molecule has 1 amide bonds. The van der Waals surface area contributed by atoms with Crippen molar-refractivity contribution < 1.29 is 20.1 Å². The van der Waals surface area contributed by atoms with Gasteiger partial charge in [0.15, 0.2) is 0 Å². The number of hydrogen-bond donors (Lipinski definition) is 4. The SMILES string of the molecule is CCCCCC/C=C/CC/C=C/CC/C=C/C(O)C(CO)NC(=O)CC(O)CCCCCCCCCCCCCCCCCCCCCCCCCC. The number of allylic oxidation sites excluding steroid dienone is 5. The number of unbranched alkanes of at least 4 members (excludes halogenated alkanes) is 29. The lowest BCUT2D eigenvalue weighted by Crippen LogP contribution is -2.45. The molecule has 0 aliphatic carbocycles. The molecule has 312 valence electrons. The van der Waals surface area contributed by atoms with Crippen molar-refractivity contribution >= 4 is 5.91 Å². The Kier molecular flexibility index (Phi) is 42.1. The molecule has 0 aromatic carbocycles. The molecule has 0 aliphatic rings. The number of amides is 1. The standard InChI is InChI=1S/C48H91NO4/c1-3-5-7-9-11-13-15-17-19-20-21-22-23-24-25-26-27-28-29-31-33-35-37-39-41-45(51)43-48(53)49-46(44-50)47(52)42-40-38-36-34-32-30-18-16-14-12-10-8-6-4-2/h14,16,32,34,40,42,45-47,50-52H,3-13,15,17-31,33,35-39,41,43-44H2,1-2H3,(H,49,53)/b16-14+,34-32+,42-40+. The number of rotatable bonds is 42. The van der Waals surface area contributed by atoms with Crippen LogP contribution < -0.4 is 5.32 Å². The fourth-order valence-electron chi connectivity index (χ4n) is 7.08. The van der Waals surface area contributed by atoms with Crippen molar-refractivity contribution in [2.45, 2.75) is 257 Å². The first-order valence-corrected chi connectivity index (χ1v) is 23.3. The minimum atomic E-state index is -0.957. The maximum atomic E-state index is 12.4. The van der Waals surface area contributed by atoms with Crippen molar-refractivity contribution in [3.05, 3.63) is 36.5 Å². The van der Waals surface area contributed by atoms with E-state index in [1.807, 2.05) is 6.08 Å². The number of carbonyl (C=O) groups excluding carboxylic acids is 1. The molecule has 0 aliphatic heterocycles. The monoisotopic (exact) mass is 746 g/mol. The zero-order valence-corrected chi connectivity index (χ0v) is 35.4. The third-order valence-corrected chi connectivity index (χ3v) is 10.7. The number of nitrogens with one attached hydrogen (secondary N) is 1. The van der Waals surface area contributed by atoms with E-state index < -0.39 is 18.2 Å². The lowest BCUT2D eigenvalue weighted by Gasteiger charge is -2.21. The van der Waals surface area contributed by atoms with E-state index in [1.165, 1.54) is 173 Å². The van der Waals surface area contributed by atoms with Gasteiger partial charge in [-0.3, -0.25) is 4.79 Å². The van der Waals surface area contributed by atoms with Gasteiger partial charge in [-0.05, 0) is 44.9 Å². The average Bonchev–Trinajstić information content (AvgIpc) is 3.15. The second-order valence-corrected chi connectivity index (χ2v) is 16.0. The molecule has 4 N–H and O–H groups in total. The van der Waals surface area contributed by atoms with Crippen molar-refractivity contribution in [2.75, 3.05) is 6.61 Å². The van der Waals surface area contributed by atoms with E-state index in [1.54, 1.807) is 6.08 Å². The third-order valence-electron chi connectivity index (χ3n) is 10.7. The second kappa shape index (κ2) is 43.3. The molecule has 0 saturated carbocycles. The van der Waals surface area contributed by atoms with Crippen LogP contribution in [0.2, 0.25) is 0 Å². The first-order valence-electron chi connectivity index (χ1n) is 23.3. The molecular weight excluding hydrogens is 655 g/mol. The van der Waals surface area contributed by atoms with E-state index in [4.69, 9.17) is 0 Å². The molecule has 0 radical (unpaired) electrons. The van der Waals surface area contributed by atoms with Crippen LogP contribution in [0.5, 0.6) is 0 Å². The van der Waals surface area contributed by atoms with Gasteiger partial charge in [0.1, 0.15) is 0 Å². The molecule has 5 nitrogen and oxygen atoms in total. The van der Waals surface area contributed by atoms with Crippen LogP contribution in [0.1, 0.15) is 239 Å². The van der Waals surface area contributed by atoms with Crippen LogP contribution in [0, 0.1) is 0 Å². The summed E-state index contributed by atoms with van der Waals surface area (Å²) in [6, 6.07) is -0.765. The quantitative estimate of drug-likeness (QED) is 0.0370. The predicted molar refractivity (Wildman–Crippen MR) is 231 cm³/mol. The summed E-state index contributed by atoms with van der Waals surface area (Å²) >= 11 is 0.